The highest BCUT2D eigenvalue weighted by atomic mass is 19.1. The van der Waals surface area contributed by atoms with Crippen LogP contribution < -0.4 is 10.2 Å². The maximum absolute atomic E-state index is 13.6. The van der Waals surface area contributed by atoms with E-state index in [1.807, 2.05) is 100 Å². The van der Waals surface area contributed by atoms with Crippen LogP contribution in [0.5, 0.6) is 0 Å². The van der Waals surface area contributed by atoms with Crippen molar-refractivity contribution < 1.29 is 14.0 Å². The average molecular weight is 490 g/mol. The van der Waals surface area contributed by atoms with Crippen LogP contribution in [0.15, 0.2) is 72.8 Å². The topological polar surface area (TPSA) is 52.7 Å². The monoisotopic (exact) mass is 489 g/mol. The summed E-state index contributed by atoms with van der Waals surface area (Å²) >= 11 is 0. The van der Waals surface area contributed by atoms with Crippen LogP contribution in [-0.2, 0) is 22.6 Å². The Kier molecular flexibility index (Phi) is 8.51. The van der Waals surface area contributed by atoms with Crippen molar-refractivity contribution in [1.29, 1.82) is 0 Å². The quantitative estimate of drug-likeness (QED) is 0.409. The van der Waals surface area contributed by atoms with E-state index in [-0.39, 0.29) is 30.1 Å². The molecule has 3 aromatic rings. The first-order chi connectivity index (χ1) is 17.0. The second-order valence-electron chi connectivity index (χ2n) is 10.4. The van der Waals surface area contributed by atoms with E-state index in [9.17, 15) is 14.0 Å². The third-order valence-electron chi connectivity index (χ3n) is 6.12. The molecule has 190 valence electrons. The number of hydrogen-bond donors (Lipinski definition) is 1. The van der Waals surface area contributed by atoms with Gasteiger partial charge in [0.1, 0.15) is 5.82 Å². The zero-order valence-electron chi connectivity index (χ0n) is 22.0. The molecule has 0 aliphatic carbocycles. The van der Waals surface area contributed by atoms with Crippen LogP contribution in [0.4, 0.5) is 15.8 Å². The number of carbonyl (C=O) groups excluding carboxylic acids is 2. The highest BCUT2D eigenvalue weighted by Crippen LogP contribution is 2.32. The van der Waals surface area contributed by atoms with E-state index < -0.39 is 5.41 Å². The second kappa shape index (κ2) is 11.4. The van der Waals surface area contributed by atoms with Crippen LogP contribution in [0.25, 0.3) is 0 Å². The molecule has 0 fully saturated rings. The predicted molar refractivity (Wildman–Crippen MR) is 144 cm³/mol. The fourth-order valence-corrected chi connectivity index (χ4v) is 4.13. The highest BCUT2D eigenvalue weighted by Gasteiger charge is 2.31. The van der Waals surface area contributed by atoms with Gasteiger partial charge in [-0.3, -0.25) is 9.59 Å². The number of halogens is 1. The summed E-state index contributed by atoms with van der Waals surface area (Å²) in [5, 5.41) is 2.95. The van der Waals surface area contributed by atoms with Gasteiger partial charge in [0.25, 0.3) is 0 Å². The van der Waals surface area contributed by atoms with Crippen LogP contribution in [0.1, 0.15) is 50.4 Å². The number of nitrogens with one attached hydrogen (secondary N) is 1. The minimum Gasteiger partial charge on any atom is -0.377 e. The summed E-state index contributed by atoms with van der Waals surface area (Å²) in [5.41, 5.74) is 3.79. The Labute approximate surface area is 213 Å². The molecule has 0 aliphatic rings. The third-order valence-corrected chi connectivity index (χ3v) is 6.12. The zero-order chi connectivity index (χ0) is 26.5. The van der Waals surface area contributed by atoms with E-state index in [1.54, 1.807) is 12.1 Å². The van der Waals surface area contributed by atoms with Crippen LogP contribution >= 0.6 is 0 Å². The molecule has 0 aliphatic heterocycles. The second-order valence-corrected chi connectivity index (χ2v) is 10.4. The maximum atomic E-state index is 13.6. The summed E-state index contributed by atoms with van der Waals surface area (Å²) in [6.07, 6.45) is 0.144. The molecule has 3 aromatic carbocycles. The summed E-state index contributed by atoms with van der Waals surface area (Å²) in [7, 11) is 3.92. The smallest absolute Gasteiger partial charge is 0.228 e. The van der Waals surface area contributed by atoms with E-state index in [0.717, 1.165) is 22.4 Å². The fourth-order valence-electron chi connectivity index (χ4n) is 4.13. The van der Waals surface area contributed by atoms with Gasteiger partial charge >= 0.3 is 0 Å². The molecule has 5 nitrogen and oxygen atoms in total. The first kappa shape index (κ1) is 26.9. The molecule has 0 spiro atoms. The lowest BCUT2D eigenvalue weighted by Crippen LogP contribution is -2.40. The van der Waals surface area contributed by atoms with Gasteiger partial charge in [-0.15, -0.1) is 0 Å². The summed E-state index contributed by atoms with van der Waals surface area (Å²) in [6.45, 7) is 8.22. The van der Waals surface area contributed by atoms with Crippen molar-refractivity contribution in [2.75, 3.05) is 24.3 Å². The first-order valence-electron chi connectivity index (χ1n) is 12.2. The fraction of sp³-hybridized carbons (Fsp3) is 0.333. The van der Waals surface area contributed by atoms with Gasteiger partial charge in [0.05, 0.1) is 12.5 Å². The normalized spacial score (nSPS) is 12.1. The van der Waals surface area contributed by atoms with Gasteiger partial charge in [-0.05, 0) is 53.9 Å². The average Bonchev–Trinajstić information content (AvgIpc) is 2.83. The number of anilines is 2. The van der Waals surface area contributed by atoms with Gasteiger partial charge < -0.3 is 15.1 Å². The molecule has 0 heterocycles. The molecule has 0 saturated carbocycles. The first-order valence-corrected chi connectivity index (χ1v) is 12.2. The lowest BCUT2D eigenvalue weighted by molar-refractivity contribution is -0.142. The number of amides is 2. The van der Waals surface area contributed by atoms with E-state index in [0.29, 0.717) is 12.2 Å². The molecule has 6 heteroatoms. The van der Waals surface area contributed by atoms with Crippen molar-refractivity contribution in [3.8, 4) is 0 Å². The molecule has 0 radical (unpaired) electrons. The lowest BCUT2D eigenvalue weighted by Gasteiger charge is -2.35. The van der Waals surface area contributed by atoms with Gasteiger partial charge in [-0.1, -0.05) is 63.2 Å². The van der Waals surface area contributed by atoms with Gasteiger partial charge in [0.2, 0.25) is 11.8 Å². The van der Waals surface area contributed by atoms with Gasteiger partial charge in [-0.25, -0.2) is 4.39 Å². The molecule has 1 N–H and O–H groups in total. The Balaban J connectivity index is 1.90. The molecule has 36 heavy (non-hydrogen) atoms. The van der Waals surface area contributed by atoms with E-state index in [1.165, 1.54) is 12.1 Å². The van der Waals surface area contributed by atoms with Crippen molar-refractivity contribution in [3.63, 3.8) is 0 Å². The van der Waals surface area contributed by atoms with Crippen LogP contribution in [0, 0.1) is 11.2 Å². The number of carbonyl (C=O) groups is 2. The van der Waals surface area contributed by atoms with Crippen molar-refractivity contribution in [3.05, 3.63) is 95.3 Å². The van der Waals surface area contributed by atoms with E-state index >= 15 is 0 Å². The Hall–Kier alpha value is -3.67. The Morgan fingerprint density at radius 3 is 2.17 bits per heavy atom. The Bertz CT molecular complexity index is 1190. The van der Waals surface area contributed by atoms with Gasteiger partial charge in [-0.2, -0.15) is 0 Å². The minimum atomic E-state index is -0.553. The van der Waals surface area contributed by atoms with Crippen LogP contribution in [0.3, 0.4) is 0 Å². The number of hydrogen-bond acceptors (Lipinski definition) is 3. The molecule has 1 atom stereocenters. The number of nitrogens with zero attached hydrogens (tertiary/aromatic N) is 2. The van der Waals surface area contributed by atoms with E-state index in [2.05, 4.69) is 5.32 Å². The predicted octanol–water partition coefficient (Wildman–Crippen LogP) is 6.21. The largest absolute Gasteiger partial charge is 0.377 e. The Morgan fingerprint density at radius 2 is 1.58 bits per heavy atom. The van der Waals surface area contributed by atoms with Crippen molar-refractivity contribution in [2.45, 2.75) is 46.7 Å². The lowest BCUT2D eigenvalue weighted by atomic mass is 9.92. The third kappa shape index (κ3) is 6.94. The molecule has 3 rings (SSSR count). The molecular weight excluding hydrogens is 453 g/mol. The van der Waals surface area contributed by atoms with Gasteiger partial charge in [0.15, 0.2) is 0 Å². The molecule has 0 unspecified atom stereocenters. The molecule has 0 bridgehead atoms. The summed E-state index contributed by atoms with van der Waals surface area (Å²) in [5.74, 6) is -0.470. The van der Waals surface area contributed by atoms with Crippen molar-refractivity contribution >= 4 is 23.2 Å². The maximum Gasteiger partial charge on any atom is 0.228 e. The molecule has 2 amide bonds. The SMILES string of the molecule is C[C@H](c1ccccc1)N(Cc1cc(NC(=O)Cc2ccc(F)cc2)ccc1N(C)C)C(=O)C(C)(C)C. The van der Waals surface area contributed by atoms with Crippen LogP contribution in [-0.4, -0.2) is 30.8 Å². The zero-order valence-corrected chi connectivity index (χ0v) is 22.0. The highest BCUT2D eigenvalue weighted by molar-refractivity contribution is 5.92. The number of benzene rings is 3. The van der Waals surface area contributed by atoms with Gasteiger partial charge in [0, 0.05) is 37.4 Å². The molecule has 0 saturated heterocycles. The number of rotatable bonds is 8. The molecular formula is C30H36FN3O2. The van der Waals surface area contributed by atoms with Crippen LogP contribution in [0.2, 0.25) is 0 Å². The van der Waals surface area contributed by atoms with E-state index in [4.69, 9.17) is 0 Å². The summed E-state index contributed by atoms with van der Waals surface area (Å²) in [4.78, 5) is 30.2. The Morgan fingerprint density at radius 1 is 0.944 bits per heavy atom. The van der Waals surface area contributed by atoms with Crippen molar-refractivity contribution in [1.82, 2.24) is 4.90 Å². The minimum absolute atomic E-state index is 0.0503. The van der Waals surface area contributed by atoms with Crippen molar-refractivity contribution in [2.24, 2.45) is 5.41 Å². The standard InChI is InChI=1S/C30H36FN3O2/c1-21(23-10-8-7-9-11-23)34(29(36)30(2,3)4)20-24-19-26(16-17-27(24)33(5)6)32-28(35)18-22-12-14-25(31)15-13-22/h7-17,19,21H,18,20H2,1-6H3,(H,32,35)/t21-/m1/s1. The molecule has 0 aromatic heterocycles. The summed E-state index contributed by atoms with van der Waals surface area (Å²) < 4.78 is 13.2. The summed E-state index contributed by atoms with van der Waals surface area (Å²) in [6, 6.07) is 21.5.